The van der Waals surface area contributed by atoms with Gasteiger partial charge in [-0.2, -0.15) is 0 Å². The number of non-ortho nitro benzene ring substituents is 1. The lowest BCUT2D eigenvalue weighted by molar-refractivity contribution is -0.384. The second-order valence-electron chi connectivity index (χ2n) is 2.95. The van der Waals surface area contributed by atoms with Crippen molar-refractivity contribution in [1.29, 1.82) is 0 Å². The highest BCUT2D eigenvalue weighted by molar-refractivity contribution is 6.17. The molecule has 0 heterocycles. The molecule has 0 aliphatic rings. The molecular weight excluding hydrogens is 216 g/mol. The van der Waals surface area contributed by atoms with Crippen LogP contribution in [0.1, 0.15) is 12.0 Å². The molecule has 0 aliphatic heterocycles. The van der Waals surface area contributed by atoms with E-state index in [0.717, 1.165) is 0 Å². The third-order valence-corrected chi connectivity index (χ3v) is 2.07. The van der Waals surface area contributed by atoms with E-state index in [1.54, 1.807) is 6.08 Å². The van der Waals surface area contributed by atoms with E-state index in [1.807, 2.05) is 6.08 Å². The van der Waals surface area contributed by atoms with Gasteiger partial charge < -0.3 is 5.73 Å². The van der Waals surface area contributed by atoms with Gasteiger partial charge in [-0.3, -0.25) is 10.1 Å². The van der Waals surface area contributed by atoms with Crippen LogP contribution in [0, 0.1) is 10.1 Å². The number of allylic oxidation sites excluding steroid dienone is 1. The highest BCUT2D eigenvalue weighted by Gasteiger charge is 2.06. The molecule has 0 saturated carbocycles. The van der Waals surface area contributed by atoms with Gasteiger partial charge in [0, 0.05) is 29.3 Å². The molecule has 0 spiro atoms. The summed E-state index contributed by atoms with van der Waals surface area (Å²) >= 11 is 5.50. The standard InChI is InChI=1S/C10H11ClN2O2/c11-6-2-1-3-8-7-9(13(14)15)4-5-10(8)12/h1,3-5,7H,2,6,12H2. The molecule has 0 unspecified atom stereocenters. The summed E-state index contributed by atoms with van der Waals surface area (Å²) in [7, 11) is 0. The fraction of sp³-hybridized carbons (Fsp3) is 0.200. The van der Waals surface area contributed by atoms with Gasteiger partial charge in [-0.15, -0.1) is 11.6 Å². The summed E-state index contributed by atoms with van der Waals surface area (Å²) in [6, 6.07) is 4.35. The molecule has 0 saturated heterocycles. The summed E-state index contributed by atoms with van der Waals surface area (Å²) in [6.07, 6.45) is 4.29. The lowest BCUT2D eigenvalue weighted by Crippen LogP contribution is -1.93. The molecule has 1 rings (SSSR count). The Kier molecular flexibility index (Phi) is 4.12. The molecule has 0 bridgehead atoms. The van der Waals surface area contributed by atoms with Crippen LogP contribution in [0.4, 0.5) is 11.4 Å². The van der Waals surface area contributed by atoms with Crippen molar-refractivity contribution in [3.63, 3.8) is 0 Å². The summed E-state index contributed by atoms with van der Waals surface area (Å²) in [4.78, 5) is 10.1. The first-order chi connectivity index (χ1) is 7.15. The van der Waals surface area contributed by atoms with E-state index in [-0.39, 0.29) is 5.69 Å². The van der Waals surface area contributed by atoms with Gasteiger partial charge in [0.1, 0.15) is 0 Å². The predicted octanol–water partition coefficient (Wildman–Crippen LogP) is 2.82. The van der Waals surface area contributed by atoms with E-state index >= 15 is 0 Å². The Morgan fingerprint density at radius 3 is 2.87 bits per heavy atom. The molecular formula is C10H11ClN2O2. The topological polar surface area (TPSA) is 69.2 Å². The van der Waals surface area contributed by atoms with Crippen LogP contribution in [0.15, 0.2) is 24.3 Å². The van der Waals surface area contributed by atoms with E-state index < -0.39 is 4.92 Å². The molecule has 0 aliphatic carbocycles. The highest BCUT2D eigenvalue weighted by Crippen LogP contribution is 2.20. The first-order valence-electron chi connectivity index (χ1n) is 4.41. The largest absolute Gasteiger partial charge is 0.398 e. The predicted molar refractivity (Wildman–Crippen MR) is 61.9 cm³/mol. The van der Waals surface area contributed by atoms with E-state index in [1.165, 1.54) is 18.2 Å². The molecule has 15 heavy (non-hydrogen) atoms. The van der Waals surface area contributed by atoms with Crippen molar-refractivity contribution < 1.29 is 4.92 Å². The van der Waals surface area contributed by atoms with Gasteiger partial charge in [0.05, 0.1) is 4.92 Å². The Labute approximate surface area is 92.5 Å². The third kappa shape index (κ3) is 3.25. The monoisotopic (exact) mass is 226 g/mol. The number of hydrogen-bond acceptors (Lipinski definition) is 3. The summed E-state index contributed by atoms with van der Waals surface area (Å²) in [5.74, 6) is 0.519. The van der Waals surface area contributed by atoms with Gasteiger partial charge in [-0.1, -0.05) is 12.2 Å². The number of anilines is 1. The lowest BCUT2D eigenvalue weighted by Gasteiger charge is -1.99. The van der Waals surface area contributed by atoms with Gasteiger partial charge in [-0.05, 0) is 12.5 Å². The number of benzene rings is 1. The van der Waals surface area contributed by atoms with Crippen LogP contribution in [-0.2, 0) is 0 Å². The van der Waals surface area contributed by atoms with Crippen molar-refractivity contribution in [3.8, 4) is 0 Å². The van der Waals surface area contributed by atoms with Gasteiger partial charge in [0.15, 0.2) is 0 Å². The Morgan fingerprint density at radius 1 is 1.53 bits per heavy atom. The van der Waals surface area contributed by atoms with Gasteiger partial charge in [0.25, 0.3) is 5.69 Å². The molecule has 0 amide bonds. The van der Waals surface area contributed by atoms with E-state index in [4.69, 9.17) is 17.3 Å². The summed E-state index contributed by atoms with van der Waals surface area (Å²) < 4.78 is 0. The molecule has 0 aromatic heterocycles. The normalized spacial score (nSPS) is 10.7. The molecule has 0 radical (unpaired) electrons. The number of alkyl halides is 1. The Bertz CT molecular complexity index is 391. The average Bonchev–Trinajstić information content (AvgIpc) is 2.20. The molecule has 0 fully saturated rings. The number of nitro benzene ring substituents is 1. The molecule has 1 aromatic carbocycles. The summed E-state index contributed by atoms with van der Waals surface area (Å²) in [6.45, 7) is 0. The molecule has 0 atom stereocenters. The number of nitrogen functional groups attached to an aromatic ring is 1. The van der Waals surface area contributed by atoms with Crippen LogP contribution in [-0.4, -0.2) is 10.8 Å². The van der Waals surface area contributed by atoms with Crippen LogP contribution in [0.2, 0.25) is 0 Å². The number of halogens is 1. The molecule has 1 aromatic rings. The van der Waals surface area contributed by atoms with Crippen LogP contribution in [0.5, 0.6) is 0 Å². The van der Waals surface area contributed by atoms with Crippen molar-refractivity contribution in [2.45, 2.75) is 6.42 Å². The van der Waals surface area contributed by atoms with Crippen molar-refractivity contribution in [3.05, 3.63) is 40.0 Å². The number of hydrogen-bond donors (Lipinski definition) is 1. The summed E-state index contributed by atoms with van der Waals surface area (Å²) in [5.41, 5.74) is 6.87. The van der Waals surface area contributed by atoms with Crippen LogP contribution < -0.4 is 5.73 Å². The number of nitro groups is 1. The fourth-order valence-corrected chi connectivity index (χ4v) is 1.22. The van der Waals surface area contributed by atoms with Crippen molar-refractivity contribution in [1.82, 2.24) is 0 Å². The highest BCUT2D eigenvalue weighted by atomic mass is 35.5. The number of nitrogens with zero attached hydrogens (tertiary/aromatic N) is 1. The minimum absolute atomic E-state index is 0.0368. The minimum atomic E-state index is -0.446. The van der Waals surface area contributed by atoms with Crippen molar-refractivity contribution >= 4 is 29.1 Å². The second kappa shape index (κ2) is 5.36. The average molecular weight is 227 g/mol. The Hall–Kier alpha value is -1.55. The molecule has 80 valence electrons. The minimum Gasteiger partial charge on any atom is -0.398 e. The number of nitrogens with two attached hydrogens (primary N) is 1. The third-order valence-electron chi connectivity index (χ3n) is 1.85. The number of rotatable bonds is 4. The molecule has 4 nitrogen and oxygen atoms in total. The van der Waals surface area contributed by atoms with Crippen molar-refractivity contribution in [2.75, 3.05) is 11.6 Å². The van der Waals surface area contributed by atoms with Crippen LogP contribution in [0.25, 0.3) is 6.08 Å². The smallest absolute Gasteiger partial charge is 0.270 e. The maximum atomic E-state index is 10.5. The van der Waals surface area contributed by atoms with Gasteiger partial charge in [-0.25, -0.2) is 0 Å². The summed E-state index contributed by atoms with van der Waals surface area (Å²) in [5, 5.41) is 10.5. The maximum absolute atomic E-state index is 10.5. The van der Waals surface area contributed by atoms with E-state index in [0.29, 0.717) is 23.6 Å². The van der Waals surface area contributed by atoms with E-state index in [2.05, 4.69) is 0 Å². The van der Waals surface area contributed by atoms with Gasteiger partial charge >= 0.3 is 0 Å². The quantitative estimate of drug-likeness (QED) is 0.371. The van der Waals surface area contributed by atoms with Gasteiger partial charge in [0.2, 0.25) is 0 Å². The van der Waals surface area contributed by atoms with Crippen molar-refractivity contribution in [2.24, 2.45) is 0 Å². The fourth-order valence-electron chi connectivity index (χ4n) is 1.09. The second-order valence-corrected chi connectivity index (χ2v) is 3.33. The van der Waals surface area contributed by atoms with E-state index in [9.17, 15) is 10.1 Å². The lowest BCUT2D eigenvalue weighted by atomic mass is 10.1. The SMILES string of the molecule is Nc1ccc([N+](=O)[O-])cc1C=CCCCl. The Morgan fingerprint density at radius 2 is 2.27 bits per heavy atom. The first kappa shape index (κ1) is 11.5. The first-order valence-corrected chi connectivity index (χ1v) is 4.95. The Balaban J connectivity index is 2.95. The van der Waals surface area contributed by atoms with Crippen LogP contribution >= 0.6 is 11.6 Å². The maximum Gasteiger partial charge on any atom is 0.270 e. The molecule has 2 N–H and O–H groups in total. The molecule has 5 heteroatoms. The zero-order valence-electron chi connectivity index (χ0n) is 8.02. The van der Waals surface area contributed by atoms with Crippen LogP contribution in [0.3, 0.4) is 0 Å². The zero-order chi connectivity index (χ0) is 11.3. The zero-order valence-corrected chi connectivity index (χ0v) is 8.78.